The molecule has 1 aliphatic carbocycles. The van der Waals surface area contributed by atoms with E-state index >= 15 is 0 Å². The van der Waals surface area contributed by atoms with Gasteiger partial charge in [0.2, 0.25) is 6.41 Å². The summed E-state index contributed by atoms with van der Waals surface area (Å²) in [4.78, 5) is 14.4. The molecular formula is C11H14N2O. The topological polar surface area (TPSA) is 41.5 Å². The highest BCUT2D eigenvalue weighted by molar-refractivity contribution is 5.82. The number of allylic oxidation sites excluding steroid dienone is 5. The summed E-state index contributed by atoms with van der Waals surface area (Å²) in [5, 5.41) is 2.67. The van der Waals surface area contributed by atoms with E-state index in [1.165, 1.54) is 0 Å². The van der Waals surface area contributed by atoms with E-state index < -0.39 is 0 Å². The first-order valence-corrected chi connectivity index (χ1v) is 4.51. The lowest BCUT2D eigenvalue weighted by Crippen LogP contribution is -2.14. The smallest absolute Gasteiger partial charge is 0.211 e. The molecule has 1 aliphatic rings. The minimum atomic E-state index is 0.260. The molecule has 1 N–H and O–H groups in total. The Hall–Kier alpha value is -1.64. The van der Waals surface area contributed by atoms with Crippen molar-refractivity contribution in [1.29, 1.82) is 0 Å². The summed E-state index contributed by atoms with van der Waals surface area (Å²) in [5.74, 6) is 0.260. The third-order valence-electron chi connectivity index (χ3n) is 2.06. The molecule has 0 bridgehead atoms. The third kappa shape index (κ3) is 2.42. The lowest BCUT2D eigenvalue weighted by Gasteiger charge is -2.10. The van der Waals surface area contributed by atoms with Crippen molar-refractivity contribution in [3.63, 3.8) is 0 Å². The molecular weight excluding hydrogens is 176 g/mol. The van der Waals surface area contributed by atoms with E-state index in [1.54, 1.807) is 13.3 Å². The van der Waals surface area contributed by atoms with Crippen molar-refractivity contribution < 1.29 is 4.79 Å². The Balaban J connectivity index is 3.08. The maximum absolute atomic E-state index is 10.4. The quantitative estimate of drug-likeness (QED) is 0.531. The number of aliphatic imine (C=N–C) groups is 1. The SMILES string of the molecule is C/N=C\C1=C(NC=O)C=CC=CC1C. The van der Waals surface area contributed by atoms with Gasteiger partial charge in [-0.3, -0.25) is 9.79 Å². The monoisotopic (exact) mass is 190 g/mol. The summed E-state index contributed by atoms with van der Waals surface area (Å²) in [7, 11) is 1.72. The first-order valence-electron chi connectivity index (χ1n) is 4.51. The lowest BCUT2D eigenvalue weighted by atomic mass is 10.0. The van der Waals surface area contributed by atoms with E-state index in [2.05, 4.69) is 23.3 Å². The molecule has 1 atom stereocenters. The molecule has 0 aromatic carbocycles. The summed E-state index contributed by atoms with van der Waals surface area (Å²) in [6.45, 7) is 2.06. The molecule has 0 fully saturated rings. The van der Waals surface area contributed by atoms with Gasteiger partial charge in [-0.05, 0) is 6.08 Å². The normalized spacial score (nSPS) is 21.4. The van der Waals surface area contributed by atoms with Gasteiger partial charge in [-0.25, -0.2) is 0 Å². The van der Waals surface area contributed by atoms with Crippen LogP contribution < -0.4 is 5.32 Å². The van der Waals surface area contributed by atoms with Gasteiger partial charge in [0, 0.05) is 30.5 Å². The van der Waals surface area contributed by atoms with Crippen LogP contribution in [0, 0.1) is 5.92 Å². The van der Waals surface area contributed by atoms with Gasteiger partial charge in [0.25, 0.3) is 0 Å². The molecule has 0 aromatic heterocycles. The van der Waals surface area contributed by atoms with Crippen LogP contribution in [-0.4, -0.2) is 19.7 Å². The number of nitrogens with one attached hydrogen (secondary N) is 1. The summed E-state index contributed by atoms with van der Waals surface area (Å²) in [6, 6.07) is 0. The van der Waals surface area contributed by atoms with Gasteiger partial charge >= 0.3 is 0 Å². The largest absolute Gasteiger partial charge is 0.328 e. The van der Waals surface area contributed by atoms with Gasteiger partial charge in [0.15, 0.2) is 0 Å². The summed E-state index contributed by atoms with van der Waals surface area (Å²) in [5.41, 5.74) is 1.83. The van der Waals surface area contributed by atoms with E-state index in [1.807, 2.05) is 18.2 Å². The molecule has 0 radical (unpaired) electrons. The van der Waals surface area contributed by atoms with E-state index in [0.29, 0.717) is 6.41 Å². The molecule has 0 spiro atoms. The first-order chi connectivity index (χ1) is 6.79. The molecule has 14 heavy (non-hydrogen) atoms. The second-order valence-electron chi connectivity index (χ2n) is 3.05. The van der Waals surface area contributed by atoms with Crippen molar-refractivity contribution in [2.45, 2.75) is 6.92 Å². The highest BCUT2D eigenvalue weighted by Gasteiger charge is 2.09. The number of amides is 1. The minimum absolute atomic E-state index is 0.260. The Kier molecular flexibility index (Phi) is 3.85. The number of carbonyl (C=O) groups is 1. The molecule has 1 amide bonds. The molecule has 3 nitrogen and oxygen atoms in total. The predicted molar refractivity (Wildman–Crippen MR) is 58.1 cm³/mol. The van der Waals surface area contributed by atoms with Gasteiger partial charge in [0.1, 0.15) is 0 Å². The number of carbonyl (C=O) groups excluding carboxylic acids is 1. The minimum Gasteiger partial charge on any atom is -0.328 e. The van der Waals surface area contributed by atoms with E-state index in [-0.39, 0.29) is 5.92 Å². The first kappa shape index (κ1) is 10.4. The van der Waals surface area contributed by atoms with Crippen molar-refractivity contribution in [2.75, 3.05) is 7.05 Å². The van der Waals surface area contributed by atoms with E-state index in [9.17, 15) is 4.79 Å². The van der Waals surface area contributed by atoms with Gasteiger partial charge in [0.05, 0.1) is 0 Å². The van der Waals surface area contributed by atoms with Crippen LogP contribution >= 0.6 is 0 Å². The van der Waals surface area contributed by atoms with Crippen molar-refractivity contribution >= 4 is 12.6 Å². The molecule has 0 saturated heterocycles. The number of hydrogen-bond acceptors (Lipinski definition) is 2. The molecule has 0 aliphatic heterocycles. The van der Waals surface area contributed by atoms with Crippen LogP contribution in [0.25, 0.3) is 0 Å². The highest BCUT2D eigenvalue weighted by Crippen LogP contribution is 2.17. The summed E-state index contributed by atoms with van der Waals surface area (Å²) in [6.07, 6.45) is 10.3. The standard InChI is InChI=1S/C11H14N2O/c1-9-5-3-4-6-11(13-8-14)10(9)7-12-2/h3-9H,1-2H3,(H,13,14)/b12-7-. The zero-order valence-electron chi connectivity index (χ0n) is 8.40. The van der Waals surface area contributed by atoms with E-state index in [4.69, 9.17) is 0 Å². The Bertz CT molecular complexity index is 324. The zero-order chi connectivity index (χ0) is 10.4. The van der Waals surface area contributed by atoms with Crippen molar-refractivity contribution in [3.05, 3.63) is 35.6 Å². The summed E-state index contributed by atoms with van der Waals surface area (Å²) >= 11 is 0. The fourth-order valence-electron chi connectivity index (χ4n) is 1.35. The van der Waals surface area contributed by atoms with Crippen LogP contribution in [0.1, 0.15) is 6.92 Å². The van der Waals surface area contributed by atoms with Crippen LogP contribution in [0.4, 0.5) is 0 Å². The van der Waals surface area contributed by atoms with E-state index in [0.717, 1.165) is 11.3 Å². The maximum atomic E-state index is 10.4. The van der Waals surface area contributed by atoms with Crippen LogP contribution in [0.2, 0.25) is 0 Å². The number of rotatable bonds is 3. The van der Waals surface area contributed by atoms with Crippen LogP contribution in [-0.2, 0) is 4.79 Å². The highest BCUT2D eigenvalue weighted by atomic mass is 16.1. The van der Waals surface area contributed by atoms with Crippen molar-refractivity contribution in [2.24, 2.45) is 10.9 Å². The average molecular weight is 190 g/mol. The lowest BCUT2D eigenvalue weighted by molar-refractivity contribution is -0.108. The zero-order valence-corrected chi connectivity index (χ0v) is 8.40. The van der Waals surface area contributed by atoms with Crippen LogP contribution in [0.5, 0.6) is 0 Å². The van der Waals surface area contributed by atoms with Gasteiger partial charge < -0.3 is 5.32 Å². The van der Waals surface area contributed by atoms with Gasteiger partial charge in [-0.1, -0.05) is 25.2 Å². The molecule has 74 valence electrons. The fourth-order valence-corrected chi connectivity index (χ4v) is 1.35. The molecule has 1 rings (SSSR count). The Morgan fingerprint density at radius 3 is 2.93 bits per heavy atom. The van der Waals surface area contributed by atoms with Gasteiger partial charge in [-0.2, -0.15) is 0 Å². The Morgan fingerprint density at radius 2 is 2.29 bits per heavy atom. The van der Waals surface area contributed by atoms with Crippen molar-refractivity contribution in [3.8, 4) is 0 Å². The Labute approximate surface area is 83.9 Å². The molecule has 0 saturated carbocycles. The summed E-state index contributed by atoms with van der Waals surface area (Å²) < 4.78 is 0. The van der Waals surface area contributed by atoms with Crippen LogP contribution in [0.15, 0.2) is 40.6 Å². The Morgan fingerprint density at radius 1 is 1.50 bits per heavy atom. The molecule has 0 heterocycles. The molecule has 0 aromatic rings. The molecule has 3 heteroatoms. The number of hydrogen-bond donors (Lipinski definition) is 1. The van der Waals surface area contributed by atoms with Gasteiger partial charge in [-0.15, -0.1) is 0 Å². The predicted octanol–water partition coefficient (Wildman–Crippen LogP) is 1.45. The third-order valence-corrected chi connectivity index (χ3v) is 2.06. The average Bonchev–Trinajstić information content (AvgIpc) is 2.33. The molecule has 1 unspecified atom stereocenters. The second-order valence-corrected chi connectivity index (χ2v) is 3.05. The maximum Gasteiger partial charge on any atom is 0.211 e. The van der Waals surface area contributed by atoms with Crippen molar-refractivity contribution in [1.82, 2.24) is 5.32 Å². The second kappa shape index (κ2) is 5.17. The fraction of sp³-hybridized carbons (Fsp3) is 0.273. The van der Waals surface area contributed by atoms with Crippen LogP contribution in [0.3, 0.4) is 0 Å². The number of nitrogens with zero attached hydrogens (tertiary/aromatic N) is 1.